The van der Waals surface area contributed by atoms with Gasteiger partial charge in [0.2, 0.25) is 5.82 Å². The maximum absolute atomic E-state index is 13.1. The Morgan fingerprint density at radius 3 is 2.54 bits per heavy atom. The van der Waals surface area contributed by atoms with E-state index in [2.05, 4.69) is 15.6 Å². The summed E-state index contributed by atoms with van der Waals surface area (Å²) in [6.07, 6.45) is 2.35. The summed E-state index contributed by atoms with van der Waals surface area (Å²) in [5, 5.41) is 27.8. The van der Waals surface area contributed by atoms with Crippen molar-refractivity contribution < 1.29 is 23.1 Å². The number of nitrogens with zero attached hydrogens (tertiary/aromatic N) is 4. The Bertz CT molecular complexity index is 1430. The van der Waals surface area contributed by atoms with Gasteiger partial charge in [-0.3, -0.25) is 25.0 Å². The molecule has 0 radical (unpaired) electrons. The Morgan fingerprint density at radius 2 is 1.84 bits per heavy atom. The van der Waals surface area contributed by atoms with Crippen LogP contribution in [0.25, 0.3) is 0 Å². The SMILES string of the molecule is O=C(NCc1ccc(S(=O)(=O)N2CCC(Nc3ncccc3[N+](=O)[O-])CC2)s1)c1cccc([N+](=O)[O-])c1. The summed E-state index contributed by atoms with van der Waals surface area (Å²) in [5.41, 5.74) is -0.207. The number of carbonyl (C=O) groups is 1. The van der Waals surface area contributed by atoms with Gasteiger partial charge in [0.25, 0.3) is 21.6 Å². The first-order chi connectivity index (χ1) is 17.6. The molecular weight excluding hydrogens is 524 g/mol. The van der Waals surface area contributed by atoms with Gasteiger partial charge in [0.1, 0.15) is 4.21 Å². The largest absolute Gasteiger partial charge is 0.362 e. The van der Waals surface area contributed by atoms with Gasteiger partial charge in [0, 0.05) is 54.0 Å². The zero-order valence-corrected chi connectivity index (χ0v) is 20.9. The van der Waals surface area contributed by atoms with E-state index < -0.39 is 25.8 Å². The van der Waals surface area contributed by atoms with Crippen molar-refractivity contribution in [3.8, 4) is 0 Å². The van der Waals surface area contributed by atoms with E-state index in [-0.39, 0.29) is 52.6 Å². The number of amides is 1. The quantitative estimate of drug-likeness (QED) is 0.301. The van der Waals surface area contributed by atoms with Crippen molar-refractivity contribution in [1.82, 2.24) is 14.6 Å². The van der Waals surface area contributed by atoms with Crippen LogP contribution in [0.2, 0.25) is 0 Å². The first-order valence-corrected chi connectivity index (χ1v) is 13.4. The van der Waals surface area contributed by atoms with Gasteiger partial charge in [0.05, 0.1) is 16.4 Å². The van der Waals surface area contributed by atoms with E-state index in [1.54, 1.807) is 6.07 Å². The van der Waals surface area contributed by atoms with Crippen LogP contribution >= 0.6 is 11.3 Å². The average Bonchev–Trinajstić information content (AvgIpc) is 3.38. The van der Waals surface area contributed by atoms with Crippen molar-refractivity contribution in [2.45, 2.75) is 29.6 Å². The minimum atomic E-state index is -3.75. The lowest BCUT2D eigenvalue weighted by atomic mass is 10.1. The number of pyridine rings is 1. The van der Waals surface area contributed by atoms with Crippen molar-refractivity contribution in [1.29, 1.82) is 0 Å². The number of non-ortho nitro benzene ring substituents is 1. The molecule has 37 heavy (non-hydrogen) atoms. The van der Waals surface area contributed by atoms with E-state index in [0.717, 1.165) is 11.3 Å². The minimum Gasteiger partial charge on any atom is -0.362 e. The highest BCUT2D eigenvalue weighted by atomic mass is 32.2. The molecule has 0 bridgehead atoms. The average molecular weight is 547 g/mol. The second-order valence-corrected chi connectivity index (χ2v) is 11.5. The molecule has 1 fully saturated rings. The van der Waals surface area contributed by atoms with Gasteiger partial charge < -0.3 is 10.6 Å². The van der Waals surface area contributed by atoms with Crippen molar-refractivity contribution in [2.24, 2.45) is 0 Å². The predicted octanol–water partition coefficient (Wildman–Crippen LogP) is 3.15. The topological polar surface area (TPSA) is 178 Å². The highest BCUT2D eigenvalue weighted by molar-refractivity contribution is 7.91. The maximum Gasteiger partial charge on any atom is 0.311 e. The highest BCUT2D eigenvalue weighted by Crippen LogP contribution is 2.29. The van der Waals surface area contributed by atoms with E-state index in [9.17, 15) is 33.4 Å². The molecule has 2 aromatic heterocycles. The summed E-state index contributed by atoms with van der Waals surface area (Å²) in [5.74, 6) is -0.354. The lowest BCUT2D eigenvalue weighted by Gasteiger charge is -2.31. The second-order valence-electron chi connectivity index (χ2n) is 8.16. The van der Waals surface area contributed by atoms with Crippen molar-refractivity contribution in [3.05, 3.63) is 85.4 Å². The highest BCUT2D eigenvalue weighted by Gasteiger charge is 2.31. The lowest BCUT2D eigenvalue weighted by molar-refractivity contribution is -0.384. The van der Waals surface area contributed by atoms with E-state index >= 15 is 0 Å². The Labute approximate surface area is 215 Å². The summed E-state index contributed by atoms with van der Waals surface area (Å²) in [7, 11) is -3.75. The third-order valence-corrected chi connectivity index (χ3v) is 9.20. The van der Waals surface area contributed by atoms with Crippen molar-refractivity contribution in [2.75, 3.05) is 18.4 Å². The molecule has 4 rings (SSSR count). The molecule has 13 nitrogen and oxygen atoms in total. The molecule has 0 atom stereocenters. The third-order valence-electron chi connectivity index (χ3n) is 5.75. The number of sulfonamides is 1. The minimum absolute atomic E-state index is 0.0660. The second kappa shape index (κ2) is 11.0. The zero-order chi connectivity index (χ0) is 26.6. The van der Waals surface area contributed by atoms with E-state index in [4.69, 9.17) is 0 Å². The van der Waals surface area contributed by atoms with Gasteiger partial charge in [-0.2, -0.15) is 4.31 Å². The van der Waals surface area contributed by atoms with Gasteiger partial charge in [-0.1, -0.05) is 6.07 Å². The fourth-order valence-electron chi connectivity index (χ4n) is 3.84. The van der Waals surface area contributed by atoms with Crippen LogP contribution in [0, 0.1) is 20.2 Å². The first kappa shape index (κ1) is 26.1. The molecular formula is C22H22N6O7S2. The molecule has 1 aromatic carbocycles. The monoisotopic (exact) mass is 546 g/mol. The fourth-order valence-corrected chi connectivity index (χ4v) is 6.76. The van der Waals surface area contributed by atoms with Gasteiger partial charge in [0.15, 0.2) is 0 Å². The molecule has 1 saturated heterocycles. The maximum atomic E-state index is 13.1. The number of nitro groups is 2. The number of aromatic nitrogens is 1. The fraction of sp³-hybridized carbons (Fsp3) is 0.273. The van der Waals surface area contributed by atoms with Gasteiger partial charge >= 0.3 is 5.69 Å². The summed E-state index contributed by atoms with van der Waals surface area (Å²) < 4.78 is 27.8. The Morgan fingerprint density at radius 1 is 1.08 bits per heavy atom. The molecule has 1 amide bonds. The number of nitro benzene ring substituents is 1. The van der Waals surface area contributed by atoms with Crippen LogP contribution in [-0.4, -0.2) is 52.6 Å². The normalized spacial score (nSPS) is 14.7. The summed E-state index contributed by atoms with van der Waals surface area (Å²) in [4.78, 5) is 38.0. The van der Waals surface area contributed by atoms with Crippen LogP contribution in [0.3, 0.4) is 0 Å². The Hall–Kier alpha value is -3.95. The number of rotatable bonds is 9. The Kier molecular flexibility index (Phi) is 7.75. The third kappa shape index (κ3) is 6.07. The van der Waals surface area contributed by atoms with Gasteiger partial charge in [-0.15, -0.1) is 11.3 Å². The molecule has 3 heterocycles. The molecule has 1 aliphatic rings. The first-order valence-electron chi connectivity index (χ1n) is 11.1. The van der Waals surface area contributed by atoms with Crippen LogP contribution in [0.5, 0.6) is 0 Å². The summed E-state index contributed by atoms with van der Waals surface area (Å²) in [6.45, 7) is 0.533. The van der Waals surface area contributed by atoms with E-state index in [0.29, 0.717) is 17.7 Å². The van der Waals surface area contributed by atoms with Crippen LogP contribution in [-0.2, 0) is 16.6 Å². The molecule has 15 heteroatoms. The smallest absolute Gasteiger partial charge is 0.311 e. The van der Waals surface area contributed by atoms with Crippen molar-refractivity contribution >= 4 is 44.5 Å². The van der Waals surface area contributed by atoms with Crippen LogP contribution in [0.15, 0.2) is 58.9 Å². The molecule has 0 aliphatic carbocycles. The number of anilines is 1. The number of hydrogen-bond acceptors (Lipinski definition) is 10. The molecule has 0 saturated carbocycles. The number of benzene rings is 1. The van der Waals surface area contributed by atoms with Gasteiger partial charge in [-0.25, -0.2) is 13.4 Å². The number of hydrogen-bond donors (Lipinski definition) is 2. The molecule has 2 N–H and O–H groups in total. The molecule has 0 spiro atoms. The zero-order valence-electron chi connectivity index (χ0n) is 19.3. The van der Waals surface area contributed by atoms with Crippen molar-refractivity contribution in [3.63, 3.8) is 0 Å². The lowest BCUT2D eigenvalue weighted by Crippen LogP contribution is -2.42. The standard InChI is InChI=1S/C22H22N6O7S2/c29-22(15-3-1-4-17(13-15)27(30)31)24-14-18-6-7-20(36-18)37(34,35)26-11-8-16(9-12-26)25-21-19(28(32)33)5-2-10-23-21/h1-7,10,13,16H,8-9,11-12,14H2,(H,23,25)(H,24,29). The summed E-state index contributed by atoms with van der Waals surface area (Å²) >= 11 is 1.03. The molecule has 3 aromatic rings. The number of thiophene rings is 1. The molecule has 1 aliphatic heterocycles. The van der Waals surface area contributed by atoms with E-state index in [1.807, 2.05) is 0 Å². The molecule has 0 unspecified atom stereocenters. The van der Waals surface area contributed by atoms with E-state index in [1.165, 1.54) is 53.0 Å². The molecule has 194 valence electrons. The number of carbonyl (C=O) groups excluding carboxylic acids is 1. The predicted molar refractivity (Wildman–Crippen MR) is 135 cm³/mol. The number of piperidine rings is 1. The Balaban J connectivity index is 1.34. The van der Waals surface area contributed by atoms with Gasteiger partial charge in [-0.05, 0) is 37.1 Å². The number of nitrogens with one attached hydrogen (secondary N) is 2. The van der Waals surface area contributed by atoms with Crippen LogP contribution in [0.1, 0.15) is 28.1 Å². The van der Waals surface area contributed by atoms with Crippen LogP contribution in [0.4, 0.5) is 17.2 Å². The summed E-state index contributed by atoms with van der Waals surface area (Å²) in [6, 6.07) is 11.1. The van der Waals surface area contributed by atoms with Crippen LogP contribution < -0.4 is 10.6 Å².